The normalized spacial score (nSPS) is 11.9. The molecule has 0 aliphatic heterocycles. The Hall–Kier alpha value is -1.63. The van der Waals surface area contributed by atoms with Crippen LogP contribution in [-0.4, -0.2) is 22.0 Å². The number of hydrogen-bond acceptors (Lipinski definition) is 4. The summed E-state index contributed by atoms with van der Waals surface area (Å²) in [5, 5.41) is 13.6. The van der Waals surface area contributed by atoms with Crippen molar-refractivity contribution in [3.05, 3.63) is 50.4 Å². The summed E-state index contributed by atoms with van der Waals surface area (Å²) in [6.45, 7) is 0. The van der Waals surface area contributed by atoms with Gasteiger partial charge in [-0.05, 0) is 23.6 Å². The lowest BCUT2D eigenvalue weighted by molar-refractivity contribution is -0.137. The van der Waals surface area contributed by atoms with Crippen molar-refractivity contribution in [2.24, 2.45) is 0 Å². The number of thiophene rings is 1. The van der Waals surface area contributed by atoms with Crippen molar-refractivity contribution in [1.29, 1.82) is 0 Å². The minimum absolute atomic E-state index is 0.0959. The standard InChI is InChI=1S/C13H10Cl2N2O3S/c14-10-4-7(5-11(15)17-10)13(20)16-8(6-12(18)19)9-2-1-3-21-9/h1-5,8H,6H2,(H,16,20)(H,18,19). The third-order valence-electron chi connectivity index (χ3n) is 2.60. The van der Waals surface area contributed by atoms with E-state index in [1.165, 1.54) is 23.5 Å². The van der Waals surface area contributed by atoms with E-state index in [4.69, 9.17) is 28.3 Å². The van der Waals surface area contributed by atoms with Gasteiger partial charge in [0, 0.05) is 10.4 Å². The molecule has 1 amide bonds. The molecule has 0 saturated carbocycles. The van der Waals surface area contributed by atoms with E-state index in [9.17, 15) is 9.59 Å². The van der Waals surface area contributed by atoms with Crippen molar-refractivity contribution in [3.8, 4) is 0 Å². The molecular weight excluding hydrogens is 335 g/mol. The highest BCUT2D eigenvalue weighted by molar-refractivity contribution is 7.10. The number of carbonyl (C=O) groups excluding carboxylic acids is 1. The van der Waals surface area contributed by atoms with Crippen LogP contribution in [0.2, 0.25) is 10.3 Å². The molecule has 2 N–H and O–H groups in total. The van der Waals surface area contributed by atoms with Crippen molar-refractivity contribution < 1.29 is 14.7 Å². The van der Waals surface area contributed by atoms with Crippen molar-refractivity contribution in [3.63, 3.8) is 0 Å². The third-order valence-corrected chi connectivity index (χ3v) is 3.97. The number of hydrogen-bond donors (Lipinski definition) is 2. The predicted octanol–water partition coefficient (Wildman–Crippen LogP) is 3.40. The van der Waals surface area contributed by atoms with Crippen molar-refractivity contribution >= 4 is 46.4 Å². The van der Waals surface area contributed by atoms with Crippen molar-refractivity contribution in [2.45, 2.75) is 12.5 Å². The fraction of sp³-hybridized carbons (Fsp3) is 0.154. The lowest BCUT2D eigenvalue weighted by Gasteiger charge is -2.15. The first-order valence-corrected chi connectivity index (χ1v) is 7.48. The third kappa shape index (κ3) is 4.42. The zero-order valence-corrected chi connectivity index (χ0v) is 12.9. The van der Waals surface area contributed by atoms with Crippen LogP contribution in [0.5, 0.6) is 0 Å². The first-order chi connectivity index (χ1) is 9.95. The average Bonchev–Trinajstić information content (AvgIpc) is 2.89. The molecule has 0 aliphatic carbocycles. The quantitative estimate of drug-likeness (QED) is 0.814. The highest BCUT2D eigenvalue weighted by Gasteiger charge is 2.20. The molecule has 8 heteroatoms. The predicted molar refractivity (Wildman–Crippen MR) is 81.0 cm³/mol. The minimum atomic E-state index is -1.00. The molecule has 5 nitrogen and oxygen atoms in total. The SMILES string of the molecule is O=C(O)CC(NC(=O)c1cc(Cl)nc(Cl)c1)c1cccs1. The summed E-state index contributed by atoms with van der Waals surface area (Å²) < 4.78 is 0. The van der Waals surface area contributed by atoms with Crippen LogP contribution in [-0.2, 0) is 4.79 Å². The molecule has 2 aromatic rings. The Kier molecular flexibility index (Phi) is 5.17. The van der Waals surface area contributed by atoms with Gasteiger partial charge in [0.05, 0.1) is 12.5 Å². The van der Waals surface area contributed by atoms with E-state index >= 15 is 0 Å². The van der Waals surface area contributed by atoms with Gasteiger partial charge in [-0.25, -0.2) is 4.98 Å². The molecule has 2 rings (SSSR count). The van der Waals surface area contributed by atoms with Gasteiger partial charge in [-0.1, -0.05) is 29.3 Å². The number of pyridine rings is 1. The Morgan fingerprint density at radius 3 is 2.52 bits per heavy atom. The van der Waals surface area contributed by atoms with Crippen LogP contribution in [0.3, 0.4) is 0 Å². The van der Waals surface area contributed by atoms with E-state index in [2.05, 4.69) is 10.3 Å². The first-order valence-electron chi connectivity index (χ1n) is 5.85. The van der Waals surface area contributed by atoms with Crippen LogP contribution in [0.25, 0.3) is 0 Å². The zero-order chi connectivity index (χ0) is 15.4. The van der Waals surface area contributed by atoms with Crippen LogP contribution in [0.1, 0.15) is 27.7 Å². The summed E-state index contributed by atoms with van der Waals surface area (Å²) in [7, 11) is 0. The second-order valence-electron chi connectivity index (χ2n) is 4.14. The highest BCUT2D eigenvalue weighted by Crippen LogP contribution is 2.23. The van der Waals surface area contributed by atoms with Crippen LogP contribution in [0, 0.1) is 0 Å². The zero-order valence-electron chi connectivity index (χ0n) is 10.5. The lowest BCUT2D eigenvalue weighted by Crippen LogP contribution is -2.29. The summed E-state index contributed by atoms with van der Waals surface area (Å²) >= 11 is 12.9. The van der Waals surface area contributed by atoms with Gasteiger partial charge in [-0.2, -0.15) is 0 Å². The number of carboxylic acid groups (broad SMARTS) is 1. The molecule has 2 aromatic heterocycles. The number of nitrogens with zero attached hydrogens (tertiary/aromatic N) is 1. The molecule has 0 radical (unpaired) electrons. The molecule has 2 heterocycles. The van der Waals surface area contributed by atoms with E-state index in [1.807, 2.05) is 5.38 Å². The number of nitrogens with one attached hydrogen (secondary N) is 1. The molecule has 1 atom stereocenters. The van der Waals surface area contributed by atoms with Crippen LogP contribution >= 0.6 is 34.5 Å². The fourth-order valence-corrected chi connectivity index (χ4v) is 2.96. The smallest absolute Gasteiger partial charge is 0.305 e. The number of amides is 1. The second kappa shape index (κ2) is 6.89. The Balaban J connectivity index is 2.19. The molecule has 0 aromatic carbocycles. The second-order valence-corrected chi connectivity index (χ2v) is 5.89. The number of carboxylic acids is 1. The number of halogens is 2. The van der Waals surface area contributed by atoms with Crippen molar-refractivity contribution in [1.82, 2.24) is 10.3 Å². The molecule has 1 unspecified atom stereocenters. The lowest BCUT2D eigenvalue weighted by atomic mass is 10.1. The van der Waals surface area contributed by atoms with E-state index in [0.717, 1.165) is 4.88 Å². The highest BCUT2D eigenvalue weighted by atomic mass is 35.5. The van der Waals surface area contributed by atoms with Gasteiger partial charge >= 0.3 is 5.97 Å². The molecule has 0 spiro atoms. The minimum Gasteiger partial charge on any atom is -0.481 e. The van der Waals surface area contributed by atoms with Gasteiger partial charge in [0.25, 0.3) is 5.91 Å². The largest absolute Gasteiger partial charge is 0.481 e. The number of aromatic nitrogens is 1. The Bertz CT molecular complexity index is 641. The van der Waals surface area contributed by atoms with Crippen molar-refractivity contribution in [2.75, 3.05) is 0 Å². The van der Waals surface area contributed by atoms with E-state index in [1.54, 1.807) is 12.1 Å². The summed E-state index contributed by atoms with van der Waals surface area (Å²) in [6.07, 6.45) is -0.210. The molecule has 0 aliphatic rings. The van der Waals surface area contributed by atoms with Gasteiger partial charge in [-0.15, -0.1) is 11.3 Å². The Morgan fingerprint density at radius 2 is 2.00 bits per heavy atom. The molecule has 21 heavy (non-hydrogen) atoms. The topological polar surface area (TPSA) is 79.3 Å². The van der Waals surface area contributed by atoms with Gasteiger partial charge in [0.1, 0.15) is 10.3 Å². The van der Waals surface area contributed by atoms with Gasteiger partial charge < -0.3 is 10.4 Å². The number of carbonyl (C=O) groups is 2. The number of rotatable bonds is 5. The van der Waals surface area contributed by atoms with Crippen LogP contribution in [0.4, 0.5) is 0 Å². The van der Waals surface area contributed by atoms with E-state index in [0.29, 0.717) is 0 Å². The maximum Gasteiger partial charge on any atom is 0.305 e. The summed E-state index contributed by atoms with van der Waals surface area (Å²) in [4.78, 5) is 27.6. The van der Waals surface area contributed by atoms with Crippen LogP contribution in [0.15, 0.2) is 29.6 Å². The summed E-state index contributed by atoms with van der Waals surface area (Å²) in [5.41, 5.74) is 0.229. The van der Waals surface area contributed by atoms with Gasteiger partial charge in [-0.3, -0.25) is 9.59 Å². The first kappa shape index (κ1) is 15.8. The molecule has 0 bridgehead atoms. The maximum atomic E-state index is 12.2. The molecule has 0 saturated heterocycles. The van der Waals surface area contributed by atoms with Gasteiger partial charge in [0.15, 0.2) is 0 Å². The molecular formula is C13H10Cl2N2O3S. The number of aliphatic carboxylic acids is 1. The Morgan fingerprint density at radius 1 is 1.33 bits per heavy atom. The average molecular weight is 345 g/mol. The maximum absolute atomic E-state index is 12.2. The summed E-state index contributed by atoms with van der Waals surface area (Å²) in [6, 6.07) is 5.69. The Labute approximate surface area is 134 Å². The van der Waals surface area contributed by atoms with Crippen LogP contribution < -0.4 is 5.32 Å². The summed E-state index contributed by atoms with van der Waals surface area (Å²) in [5.74, 6) is -1.46. The molecule has 0 fully saturated rings. The fourth-order valence-electron chi connectivity index (χ4n) is 1.72. The molecule has 110 valence electrons. The van der Waals surface area contributed by atoms with Gasteiger partial charge in [0.2, 0.25) is 0 Å². The van der Waals surface area contributed by atoms with E-state index in [-0.39, 0.29) is 22.3 Å². The monoisotopic (exact) mass is 344 g/mol. The van der Waals surface area contributed by atoms with E-state index < -0.39 is 17.9 Å².